The molecule has 0 bridgehead atoms. The number of benzene rings is 5. The van der Waals surface area contributed by atoms with Crippen molar-refractivity contribution in [3.63, 3.8) is 0 Å². The van der Waals surface area contributed by atoms with Gasteiger partial charge in [-0.3, -0.25) is 19.2 Å². The molecule has 0 radical (unpaired) electrons. The van der Waals surface area contributed by atoms with E-state index < -0.39 is 17.7 Å². The smallest absolute Gasteiger partial charge is 0.306 e. The first kappa shape index (κ1) is 34.8. The van der Waals surface area contributed by atoms with Gasteiger partial charge < -0.3 is 20.7 Å². The predicted molar refractivity (Wildman–Crippen MR) is 196 cm³/mol. The fourth-order valence-electron chi connectivity index (χ4n) is 6.78. The zero-order valence-electron chi connectivity index (χ0n) is 28.6. The van der Waals surface area contributed by atoms with Crippen LogP contribution in [0, 0.1) is 10.8 Å². The summed E-state index contributed by atoms with van der Waals surface area (Å²) in [6, 6.07) is 33.5. The molecule has 0 aliphatic rings. The van der Waals surface area contributed by atoms with Gasteiger partial charge in [-0.25, -0.2) is 0 Å². The maximum Gasteiger partial charge on any atom is 0.306 e. The molecule has 0 aromatic heterocycles. The van der Waals surface area contributed by atoms with Crippen LogP contribution in [0.3, 0.4) is 0 Å². The van der Waals surface area contributed by atoms with Crippen LogP contribution >= 0.6 is 0 Å². The molecule has 0 fully saturated rings. The monoisotopic (exact) mass is 657 g/mol. The van der Waals surface area contributed by atoms with Crippen LogP contribution in [0.4, 0.5) is 17.1 Å². The standard InChI is InChI=1S/C41H43N3O5/c1-40(2,26-41(3,4)25-36(46)49-5)24-35(45)42-30-22-20-29(21-23-30)37(38(47)43-33-18-10-14-27-12-6-8-16-31(27)33)39(48)44-34-19-11-15-28-13-7-9-17-32(28)34/h6-23,37H,24-26H2,1-5H3,(H,42,45)(H,43,47)(H,44,48). The van der Waals surface area contributed by atoms with Gasteiger partial charge in [0.15, 0.2) is 0 Å². The average molecular weight is 658 g/mol. The molecule has 0 aliphatic heterocycles. The Bertz CT molecular complexity index is 1890. The SMILES string of the molecule is COC(=O)CC(C)(C)CC(C)(C)CC(=O)Nc1ccc(C(C(=O)Nc2cccc3ccccc23)C(=O)Nc2cccc3ccccc23)cc1. The molecular weight excluding hydrogens is 614 g/mol. The van der Waals surface area contributed by atoms with Crippen LogP contribution in [0.15, 0.2) is 109 Å². The van der Waals surface area contributed by atoms with Crippen molar-refractivity contribution in [2.24, 2.45) is 10.8 Å². The molecule has 0 unspecified atom stereocenters. The third kappa shape index (κ3) is 8.90. The Balaban J connectivity index is 1.36. The Morgan fingerprint density at radius 2 is 1.06 bits per heavy atom. The van der Waals surface area contributed by atoms with Crippen LogP contribution in [0.1, 0.15) is 58.4 Å². The van der Waals surface area contributed by atoms with Gasteiger partial charge in [-0.2, -0.15) is 0 Å². The maximum atomic E-state index is 14.0. The highest BCUT2D eigenvalue weighted by molar-refractivity contribution is 6.18. The van der Waals surface area contributed by atoms with E-state index in [1.165, 1.54) is 7.11 Å². The molecule has 0 atom stereocenters. The third-order valence-electron chi connectivity index (χ3n) is 8.59. The molecule has 3 N–H and O–H groups in total. The summed E-state index contributed by atoms with van der Waals surface area (Å²) in [6.45, 7) is 7.99. The number of esters is 1. The Hall–Kier alpha value is -5.50. The summed E-state index contributed by atoms with van der Waals surface area (Å²) >= 11 is 0. The predicted octanol–water partition coefficient (Wildman–Crippen LogP) is 8.69. The summed E-state index contributed by atoms with van der Waals surface area (Å²) in [4.78, 5) is 53.0. The van der Waals surface area contributed by atoms with Gasteiger partial charge in [0.25, 0.3) is 0 Å². The number of anilines is 3. The van der Waals surface area contributed by atoms with Crippen molar-refractivity contribution < 1.29 is 23.9 Å². The highest BCUT2D eigenvalue weighted by Gasteiger charge is 2.33. The van der Waals surface area contributed by atoms with E-state index in [9.17, 15) is 19.2 Å². The fraction of sp³-hybridized carbons (Fsp3) is 0.268. The van der Waals surface area contributed by atoms with Crippen molar-refractivity contribution in [2.45, 2.75) is 52.9 Å². The number of hydrogen-bond acceptors (Lipinski definition) is 5. The average Bonchev–Trinajstić information content (AvgIpc) is 3.05. The summed E-state index contributed by atoms with van der Waals surface area (Å²) in [6.07, 6.45) is 1.14. The van der Waals surface area contributed by atoms with E-state index in [1.54, 1.807) is 24.3 Å². The van der Waals surface area contributed by atoms with E-state index in [0.29, 0.717) is 29.0 Å². The largest absolute Gasteiger partial charge is 0.469 e. The number of carbonyl (C=O) groups is 4. The number of nitrogens with one attached hydrogen (secondary N) is 3. The normalized spacial score (nSPS) is 11.7. The van der Waals surface area contributed by atoms with Gasteiger partial charge >= 0.3 is 5.97 Å². The topological polar surface area (TPSA) is 114 Å². The van der Waals surface area contributed by atoms with Crippen LogP contribution in [-0.4, -0.2) is 30.8 Å². The van der Waals surface area contributed by atoms with E-state index in [-0.39, 0.29) is 35.5 Å². The van der Waals surface area contributed by atoms with Crippen LogP contribution in [0.25, 0.3) is 21.5 Å². The van der Waals surface area contributed by atoms with Gasteiger partial charge in [-0.05, 0) is 57.9 Å². The molecule has 5 rings (SSSR count). The Morgan fingerprint density at radius 1 is 0.592 bits per heavy atom. The summed E-state index contributed by atoms with van der Waals surface area (Å²) in [5, 5.41) is 12.6. The fourth-order valence-corrected chi connectivity index (χ4v) is 6.78. The van der Waals surface area contributed by atoms with Crippen LogP contribution in [0.2, 0.25) is 0 Å². The quantitative estimate of drug-likeness (QED) is 0.0918. The molecule has 0 spiro atoms. The number of rotatable bonds is 12. The molecule has 8 nitrogen and oxygen atoms in total. The lowest BCUT2D eigenvalue weighted by Gasteiger charge is -2.34. The minimum absolute atomic E-state index is 0.175. The second-order valence-corrected chi connectivity index (χ2v) is 14.1. The molecular formula is C41H43N3O5. The second kappa shape index (κ2) is 14.7. The number of amides is 3. The van der Waals surface area contributed by atoms with Crippen molar-refractivity contribution in [3.8, 4) is 0 Å². The number of ether oxygens (including phenoxy) is 1. The molecule has 0 saturated heterocycles. The molecule has 5 aromatic carbocycles. The molecule has 0 aliphatic carbocycles. The number of hydrogen-bond donors (Lipinski definition) is 3. The van der Waals surface area contributed by atoms with Crippen molar-refractivity contribution in [1.82, 2.24) is 0 Å². The summed E-state index contributed by atoms with van der Waals surface area (Å²) in [5.41, 5.74) is 1.50. The first-order valence-corrected chi connectivity index (χ1v) is 16.4. The van der Waals surface area contributed by atoms with Crippen molar-refractivity contribution in [1.29, 1.82) is 0 Å². The first-order valence-electron chi connectivity index (χ1n) is 16.4. The zero-order chi connectivity index (χ0) is 35.2. The number of methoxy groups -OCH3 is 1. The molecule has 8 heteroatoms. The molecule has 49 heavy (non-hydrogen) atoms. The molecule has 0 saturated carbocycles. The lowest BCUT2D eigenvalue weighted by molar-refractivity contribution is -0.143. The molecule has 3 amide bonds. The summed E-state index contributed by atoms with van der Waals surface area (Å²) < 4.78 is 4.84. The second-order valence-electron chi connectivity index (χ2n) is 14.1. The van der Waals surface area contributed by atoms with Crippen LogP contribution < -0.4 is 16.0 Å². The third-order valence-corrected chi connectivity index (χ3v) is 8.59. The summed E-state index contributed by atoms with van der Waals surface area (Å²) in [7, 11) is 1.37. The van der Waals surface area contributed by atoms with Gasteiger partial charge in [0.1, 0.15) is 5.92 Å². The van der Waals surface area contributed by atoms with Crippen LogP contribution in [-0.2, 0) is 23.9 Å². The van der Waals surface area contributed by atoms with Gasteiger partial charge in [-0.15, -0.1) is 0 Å². The number of carbonyl (C=O) groups excluding carboxylic acids is 4. The minimum Gasteiger partial charge on any atom is -0.469 e. The maximum absolute atomic E-state index is 14.0. The van der Waals surface area contributed by atoms with Crippen LogP contribution in [0.5, 0.6) is 0 Å². The minimum atomic E-state index is -1.20. The molecule has 5 aromatic rings. The van der Waals surface area contributed by atoms with Gasteiger partial charge in [-0.1, -0.05) is 113 Å². The van der Waals surface area contributed by atoms with E-state index in [4.69, 9.17) is 4.74 Å². The Kier molecular flexibility index (Phi) is 10.5. The number of fused-ring (bicyclic) bond motifs is 2. The van der Waals surface area contributed by atoms with E-state index in [2.05, 4.69) is 16.0 Å². The van der Waals surface area contributed by atoms with E-state index >= 15 is 0 Å². The van der Waals surface area contributed by atoms with Crippen molar-refractivity contribution in [3.05, 3.63) is 115 Å². The van der Waals surface area contributed by atoms with Gasteiger partial charge in [0.2, 0.25) is 17.7 Å². The van der Waals surface area contributed by atoms with E-state index in [0.717, 1.165) is 21.5 Å². The highest BCUT2D eigenvalue weighted by atomic mass is 16.5. The van der Waals surface area contributed by atoms with Crippen molar-refractivity contribution >= 4 is 62.3 Å². The highest BCUT2D eigenvalue weighted by Crippen LogP contribution is 2.39. The first-order chi connectivity index (χ1) is 23.3. The molecule has 252 valence electrons. The lowest BCUT2D eigenvalue weighted by Crippen LogP contribution is -2.32. The lowest BCUT2D eigenvalue weighted by atomic mass is 9.72. The van der Waals surface area contributed by atoms with Crippen molar-refractivity contribution in [2.75, 3.05) is 23.1 Å². The molecule has 0 heterocycles. The van der Waals surface area contributed by atoms with E-state index in [1.807, 2.05) is 113 Å². The zero-order valence-corrected chi connectivity index (χ0v) is 28.6. The van der Waals surface area contributed by atoms with Gasteiger partial charge in [0, 0.05) is 34.3 Å². The Morgan fingerprint density at radius 3 is 1.57 bits per heavy atom. The Labute approximate surface area is 287 Å². The summed E-state index contributed by atoms with van der Waals surface area (Å²) in [5.74, 6) is -2.62. The van der Waals surface area contributed by atoms with Gasteiger partial charge in [0.05, 0.1) is 13.5 Å².